The molecule has 2 amide bonds. The number of alkyl halides is 3. The van der Waals surface area contributed by atoms with Gasteiger partial charge in [0, 0.05) is 60.2 Å². The molecule has 0 radical (unpaired) electrons. The highest BCUT2D eigenvalue weighted by Crippen LogP contribution is 2.51. The number of anilines is 1. The van der Waals surface area contributed by atoms with E-state index < -0.39 is 40.0 Å². The summed E-state index contributed by atoms with van der Waals surface area (Å²) >= 11 is 0. The summed E-state index contributed by atoms with van der Waals surface area (Å²) in [6.45, 7) is 16.1. The minimum Gasteiger partial charge on any atom is -0.542 e. The average Bonchev–Trinajstić information content (AvgIpc) is 1.63. The molecule has 5 aromatic carbocycles. The second-order valence-electron chi connectivity index (χ2n) is 22.7. The van der Waals surface area contributed by atoms with Crippen molar-refractivity contribution in [2.45, 2.75) is 108 Å². The van der Waals surface area contributed by atoms with Gasteiger partial charge in [0.25, 0.3) is 5.91 Å². The fraction of sp³-hybridized carbons (Fsp3) is 0.415. The zero-order valence-corrected chi connectivity index (χ0v) is 51.8. The van der Waals surface area contributed by atoms with Crippen LogP contribution in [0.5, 0.6) is 5.75 Å². The van der Waals surface area contributed by atoms with Gasteiger partial charge in [0.15, 0.2) is 5.71 Å². The Morgan fingerprint density at radius 1 is 0.784 bits per heavy atom. The van der Waals surface area contributed by atoms with E-state index in [0.29, 0.717) is 70.6 Å². The topological polar surface area (TPSA) is 230 Å². The van der Waals surface area contributed by atoms with Crippen LogP contribution in [0.1, 0.15) is 84.0 Å². The molecule has 0 saturated carbocycles. The summed E-state index contributed by atoms with van der Waals surface area (Å²) in [6, 6.07) is 30.9. The molecule has 1 aromatic heterocycles. The molecule has 6 aromatic rings. The summed E-state index contributed by atoms with van der Waals surface area (Å²) in [4.78, 5) is 36.8. The molecule has 88 heavy (non-hydrogen) atoms. The van der Waals surface area contributed by atoms with Gasteiger partial charge in [-0.15, -0.1) is 5.10 Å². The number of carboxylic acid groups (broad SMARTS) is 1. The zero-order valence-electron chi connectivity index (χ0n) is 51.0. The number of allylic oxidation sites excluding steroid dienone is 6. The lowest BCUT2D eigenvalue weighted by atomic mass is 9.79. The van der Waals surface area contributed by atoms with Crippen molar-refractivity contribution in [3.63, 3.8) is 0 Å². The molecule has 0 fully saturated rings. The number of methoxy groups -OCH3 is 1. The molecule has 472 valence electrons. The molecule has 23 heteroatoms. The molecule has 0 saturated heterocycles. The van der Waals surface area contributed by atoms with Gasteiger partial charge in [-0.25, -0.2) is 18.6 Å². The summed E-state index contributed by atoms with van der Waals surface area (Å²) in [5.74, 6) is -3.88. The first-order valence-electron chi connectivity index (χ1n) is 29.2. The molecule has 8 rings (SSSR count). The third kappa shape index (κ3) is 16.5. The van der Waals surface area contributed by atoms with Crippen LogP contribution >= 0.6 is 0 Å². The molecule has 3 N–H and O–H groups in total. The smallest absolute Gasteiger partial charge is 0.430 e. The normalized spacial score (nSPS) is 15.4. The molecule has 0 aliphatic carbocycles. The number of unbranched alkanes of at least 4 members (excludes halogenated alkanes) is 2. The van der Waals surface area contributed by atoms with E-state index in [1.807, 2.05) is 0 Å². The quantitative estimate of drug-likeness (QED) is 0.0131. The molecular weight excluding hydrogens is 1160 g/mol. The van der Waals surface area contributed by atoms with Crippen molar-refractivity contribution in [2.24, 2.45) is 5.92 Å². The van der Waals surface area contributed by atoms with Crippen LogP contribution in [0.4, 0.5) is 24.5 Å². The van der Waals surface area contributed by atoms with Crippen LogP contribution in [0, 0.1) is 5.92 Å². The Balaban J connectivity index is 0.00000149. The van der Waals surface area contributed by atoms with E-state index in [0.717, 1.165) is 30.1 Å². The van der Waals surface area contributed by atoms with Crippen LogP contribution in [-0.4, -0.2) is 140 Å². The van der Waals surface area contributed by atoms with Gasteiger partial charge in [-0.2, -0.15) is 22.1 Å². The van der Waals surface area contributed by atoms with E-state index in [4.69, 9.17) is 28.8 Å². The number of nitrogens with one attached hydrogen (secondary N) is 2. The fourth-order valence-corrected chi connectivity index (χ4v) is 13.0. The number of nitrogens with zero attached hydrogens (tertiary/aromatic N) is 6. The largest absolute Gasteiger partial charge is 0.542 e. The van der Waals surface area contributed by atoms with Gasteiger partial charge < -0.3 is 39.1 Å². The Hall–Kier alpha value is -7.80. The van der Waals surface area contributed by atoms with Crippen LogP contribution in [0.2, 0.25) is 0 Å². The van der Waals surface area contributed by atoms with E-state index in [2.05, 4.69) is 163 Å². The minimum atomic E-state index is -5.19. The van der Waals surface area contributed by atoms with Gasteiger partial charge in [-0.05, 0) is 102 Å². The molecule has 0 spiro atoms. The zero-order chi connectivity index (χ0) is 63.8. The Labute approximate surface area is 512 Å². The maximum Gasteiger partial charge on any atom is 0.430 e. The highest BCUT2D eigenvalue weighted by molar-refractivity contribution is 7.89. The summed E-state index contributed by atoms with van der Waals surface area (Å²) in [6.07, 6.45) is 10.5. The summed E-state index contributed by atoms with van der Waals surface area (Å²) < 4.78 is 86.3. The average molecular weight is 1240 g/mol. The molecule has 19 nitrogen and oxygen atoms in total. The number of hydrogen-bond acceptors (Lipinski definition) is 14. The van der Waals surface area contributed by atoms with Crippen molar-refractivity contribution < 1.29 is 69.8 Å². The number of aromatic nitrogens is 3. The number of aliphatic carboxylic acids is 1. The van der Waals surface area contributed by atoms with Crippen LogP contribution in [-0.2, 0) is 62.5 Å². The van der Waals surface area contributed by atoms with E-state index in [-0.39, 0.29) is 28.2 Å². The molecule has 0 bridgehead atoms. The molecular formula is C65H79F3N8O11S. The van der Waals surface area contributed by atoms with Crippen molar-refractivity contribution in [2.75, 3.05) is 71.8 Å². The van der Waals surface area contributed by atoms with Crippen molar-refractivity contribution in [1.29, 1.82) is 0 Å². The first-order valence-corrected chi connectivity index (χ1v) is 30.6. The standard InChI is InChI=1S/C63H78N8O9S.C2HF3O2/c1-45(2)60(61(73)66-74)71(81(75,76)50-30-28-49(77-8)29-31-50)44-48-43-69(67-65-48)36-38-79-40-42-80-41-39-78-37-34-64-57(72)25-13-10-18-35-70-54-33-27-47-20-15-17-22-52(47)59(54)63(5,6)56(70)24-12-9-11-23-55-62(3,4)58-51-21-16-14-19-46(51)26-32-53(58)68(55)7;3-2(4,5)1(6)7/h9,11-12,14-17,19-24,26-33,43,45,60H,10,13,18,25,34-42,44H2,1-8H3,(H2-,64,65,66,67,72,73,74);(H,6,7)/t60-;/m1./s1. The lowest BCUT2D eigenvalue weighted by Gasteiger charge is -2.31. The van der Waals surface area contributed by atoms with Crippen molar-refractivity contribution >= 4 is 66.4 Å². The first-order chi connectivity index (χ1) is 41.9. The summed E-state index contributed by atoms with van der Waals surface area (Å²) in [7, 11) is -0.589. The summed E-state index contributed by atoms with van der Waals surface area (Å²) in [5, 5.41) is 34.6. The number of rotatable bonds is 29. The van der Waals surface area contributed by atoms with E-state index in [9.17, 15) is 36.4 Å². The molecule has 1 atom stereocenters. The molecule has 3 heterocycles. The monoisotopic (exact) mass is 1240 g/mol. The van der Waals surface area contributed by atoms with Crippen LogP contribution < -0.4 is 25.5 Å². The van der Waals surface area contributed by atoms with Crippen molar-refractivity contribution in [3.05, 3.63) is 156 Å². The van der Waals surface area contributed by atoms with E-state index >= 15 is 0 Å². The van der Waals surface area contributed by atoms with Crippen molar-refractivity contribution in [3.8, 4) is 5.75 Å². The van der Waals surface area contributed by atoms with Gasteiger partial charge in [0.05, 0.1) is 75.8 Å². The number of hydrogen-bond donors (Lipinski definition) is 3. The number of halogens is 3. The maximum absolute atomic E-state index is 13.9. The Morgan fingerprint density at radius 2 is 1.40 bits per heavy atom. The predicted octanol–water partition coefficient (Wildman–Crippen LogP) is 8.84. The first kappa shape index (κ1) is 67.7. The van der Waals surface area contributed by atoms with Gasteiger partial charge in [0.2, 0.25) is 21.6 Å². The molecule has 2 aliphatic heterocycles. The lowest BCUT2D eigenvalue weighted by molar-refractivity contribution is -0.401. The predicted molar refractivity (Wildman–Crippen MR) is 328 cm³/mol. The highest BCUT2D eigenvalue weighted by Gasteiger charge is 2.45. The number of ether oxygens (including phenoxy) is 4. The number of fused-ring (bicyclic) bond motifs is 6. The molecule has 2 aliphatic rings. The second-order valence-corrected chi connectivity index (χ2v) is 24.5. The summed E-state index contributed by atoms with van der Waals surface area (Å²) in [5.41, 5.74) is 9.28. The highest BCUT2D eigenvalue weighted by atomic mass is 32.2. The number of carboxylic acids is 1. The van der Waals surface area contributed by atoms with E-state index in [1.165, 1.54) is 91.5 Å². The fourth-order valence-electron chi connectivity index (χ4n) is 11.3. The maximum atomic E-state index is 13.9. The van der Waals surface area contributed by atoms with Gasteiger partial charge >= 0.3 is 6.18 Å². The molecule has 0 unspecified atom stereocenters. The van der Waals surface area contributed by atoms with Gasteiger partial charge in [-0.3, -0.25) is 14.8 Å². The number of hydroxylamine groups is 1. The van der Waals surface area contributed by atoms with Crippen LogP contribution in [0.15, 0.2) is 144 Å². The van der Waals surface area contributed by atoms with Gasteiger partial charge in [-0.1, -0.05) is 112 Å². The van der Waals surface area contributed by atoms with Gasteiger partial charge in [0.1, 0.15) is 24.8 Å². The number of sulfonamides is 1. The number of carbonyl (C=O) groups is 3. The third-order valence-corrected chi connectivity index (χ3v) is 17.4. The third-order valence-electron chi connectivity index (χ3n) is 15.6. The SMILES string of the molecule is COc1ccc(S(=O)(=O)N(Cc2cn(CCOCCOCCOCCNC(=O)CCCCCN3C(=CC=CC=CC4=[N+](C)c5ccc6ccccc6c5C4(C)C)C(C)(C)c4c3ccc3ccccc43)nn2)[C@@H](C(=O)NO)C(C)C)cc1.O=C([O-])C(F)(F)F. The van der Waals surface area contributed by atoms with Crippen molar-refractivity contribution in [1.82, 2.24) is 30.1 Å². The van der Waals surface area contributed by atoms with Crippen LogP contribution in [0.25, 0.3) is 21.5 Å². The number of carbonyl (C=O) groups excluding carboxylic acids is 3. The number of benzene rings is 5. The van der Waals surface area contributed by atoms with Crippen LogP contribution in [0.3, 0.4) is 0 Å². The number of amides is 2. The Kier molecular flexibility index (Phi) is 23.4. The second kappa shape index (κ2) is 30.4. The Morgan fingerprint density at radius 3 is 2.02 bits per heavy atom. The van der Waals surface area contributed by atoms with E-state index in [1.54, 1.807) is 25.5 Å². The Bertz CT molecular complexity index is 3640. The minimum absolute atomic E-state index is 0.0149. The lowest BCUT2D eigenvalue weighted by Crippen LogP contribution is -2.51.